The van der Waals surface area contributed by atoms with Crippen molar-refractivity contribution < 1.29 is 32.3 Å². The predicted molar refractivity (Wildman–Crippen MR) is 127 cm³/mol. The van der Waals surface area contributed by atoms with E-state index < -0.39 is 47.4 Å². The fraction of sp³-hybridized carbons (Fsp3) is 0.769. The van der Waals surface area contributed by atoms with Crippen molar-refractivity contribution in [1.29, 1.82) is 0 Å². The fourth-order valence-corrected chi connectivity index (χ4v) is 6.26. The molecule has 1 spiro atoms. The van der Waals surface area contributed by atoms with Gasteiger partial charge in [-0.3, -0.25) is 19.2 Å². The summed E-state index contributed by atoms with van der Waals surface area (Å²) in [6.07, 6.45) is 5.76. The van der Waals surface area contributed by atoms with Gasteiger partial charge < -0.3 is 20.9 Å². The Labute approximate surface area is 214 Å². The van der Waals surface area contributed by atoms with Crippen molar-refractivity contribution >= 4 is 23.6 Å². The average molecular weight is 525 g/mol. The first-order chi connectivity index (χ1) is 17.1. The normalized spacial score (nSPS) is 29.8. The maximum atomic E-state index is 13.6. The van der Waals surface area contributed by atoms with Crippen LogP contribution in [0.15, 0.2) is 0 Å². The largest absolute Gasteiger partial charge is 0.471 e. The van der Waals surface area contributed by atoms with Gasteiger partial charge in [0.15, 0.2) is 0 Å². The minimum atomic E-state index is -5.15. The van der Waals surface area contributed by atoms with Gasteiger partial charge in [0.05, 0.1) is 6.04 Å². The van der Waals surface area contributed by atoms with Gasteiger partial charge in [-0.25, -0.2) is 0 Å². The summed E-state index contributed by atoms with van der Waals surface area (Å²) in [5.41, 5.74) is -1.16. The molecule has 2 aliphatic carbocycles. The van der Waals surface area contributed by atoms with Crippen molar-refractivity contribution in [3.8, 4) is 12.3 Å². The van der Waals surface area contributed by atoms with Gasteiger partial charge in [0.25, 0.3) is 0 Å². The van der Waals surface area contributed by atoms with Crippen LogP contribution in [0.3, 0.4) is 0 Å². The number of carbonyl (C=O) groups is 4. The monoisotopic (exact) mass is 524 g/mol. The molecule has 0 aromatic rings. The molecule has 37 heavy (non-hydrogen) atoms. The van der Waals surface area contributed by atoms with Crippen LogP contribution in [0.1, 0.15) is 65.7 Å². The molecule has 4 amide bonds. The van der Waals surface area contributed by atoms with Crippen LogP contribution in [-0.4, -0.2) is 64.9 Å². The third-order valence-corrected chi connectivity index (χ3v) is 8.38. The van der Waals surface area contributed by atoms with Crippen LogP contribution in [0.25, 0.3) is 0 Å². The summed E-state index contributed by atoms with van der Waals surface area (Å²) in [6.45, 7) is 4.91. The highest BCUT2D eigenvalue weighted by atomic mass is 19.4. The maximum absolute atomic E-state index is 13.6. The Morgan fingerprint density at radius 2 is 1.86 bits per heavy atom. The van der Waals surface area contributed by atoms with Gasteiger partial charge in [-0.2, -0.15) is 13.2 Å². The second kappa shape index (κ2) is 9.52. The highest BCUT2D eigenvalue weighted by Crippen LogP contribution is 2.46. The summed E-state index contributed by atoms with van der Waals surface area (Å²) in [6, 6.07) is -3.11. The zero-order valence-electron chi connectivity index (χ0n) is 21.4. The standard InChI is InChI=1S/C26H35F3N4O4/c1-5-16(11-15-12-25(9-10-25)32-20(15)34)30-21(35)18-17-8-6-7-14(17)13-33(18)22(36)19(24(2,3)4)31-23(37)26(27,28)29/h1,14-19H,6-13H2,2-4H3,(H,30,35)(H,31,37)(H,32,34). The van der Waals surface area contributed by atoms with Crippen molar-refractivity contribution in [2.24, 2.45) is 23.2 Å². The number of nitrogens with one attached hydrogen (secondary N) is 3. The topological polar surface area (TPSA) is 108 Å². The molecule has 8 nitrogen and oxygen atoms in total. The van der Waals surface area contributed by atoms with Crippen molar-refractivity contribution in [3.05, 3.63) is 0 Å². The molecule has 4 fully saturated rings. The number of carbonyl (C=O) groups excluding carboxylic acids is 4. The minimum absolute atomic E-state index is 0.0401. The lowest BCUT2D eigenvalue weighted by atomic mass is 9.85. The zero-order chi connectivity index (χ0) is 27.3. The first kappa shape index (κ1) is 27.3. The molecule has 0 radical (unpaired) electrons. The number of nitrogens with zero attached hydrogens (tertiary/aromatic N) is 1. The predicted octanol–water partition coefficient (Wildman–Crippen LogP) is 1.88. The van der Waals surface area contributed by atoms with Crippen LogP contribution >= 0.6 is 0 Å². The van der Waals surface area contributed by atoms with Crippen LogP contribution in [-0.2, 0) is 19.2 Å². The number of halogens is 3. The molecular weight excluding hydrogens is 489 g/mol. The van der Waals surface area contributed by atoms with Crippen LogP contribution in [0.2, 0.25) is 0 Å². The first-order valence-corrected chi connectivity index (χ1v) is 12.9. The molecule has 0 bridgehead atoms. The molecule has 204 valence electrons. The van der Waals surface area contributed by atoms with E-state index in [4.69, 9.17) is 6.42 Å². The Hall–Kier alpha value is -2.77. The molecule has 4 rings (SSSR count). The molecule has 0 aromatic heterocycles. The van der Waals surface area contributed by atoms with Gasteiger partial charge >= 0.3 is 12.1 Å². The van der Waals surface area contributed by atoms with Gasteiger partial charge in [-0.1, -0.05) is 33.1 Å². The number of hydrogen-bond acceptors (Lipinski definition) is 4. The summed E-state index contributed by atoms with van der Waals surface area (Å²) in [4.78, 5) is 52.6. The van der Waals surface area contributed by atoms with Crippen LogP contribution < -0.4 is 16.0 Å². The summed E-state index contributed by atoms with van der Waals surface area (Å²) in [5.74, 6) is -1.34. The third kappa shape index (κ3) is 5.58. The van der Waals surface area contributed by atoms with Crippen LogP contribution in [0.4, 0.5) is 13.2 Å². The molecule has 6 atom stereocenters. The van der Waals surface area contributed by atoms with Crippen molar-refractivity contribution in [1.82, 2.24) is 20.9 Å². The van der Waals surface area contributed by atoms with Gasteiger partial charge in [-0.15, -0.1) is 6.42 Å². The molecule has 0 aromatic carbocycles. The van der Waals surface area contributed by atoms with E-state index in [-0.39, 0.29) is 42.2 Å². The Bertz CT molecular complexity index is 1010. The molecule has 11 heteroatoms. The van der Waals surface area contributed by atoms with E-state index in [2.05, 4.69) is 16.6 Å². The lowest BCUT2D eigenvalue weighted by molar-refractivity contribution is -0.176. The average Bonchev–Trinajstić information content (AvgIpc) is 3.10. The Balaban J connectivity index is 1.51. The second-order valence-corrected chi connectivity index (χ2v) is 12.2. The molecule has 6 unspecified atom stereocenters. The summed E-state index contributed by atoms with van der Waals surface area (Å²) < 4.78 is 39.0. The quantitative estimate of drug-likeness (QED) is 0.461. The SMILES string of the molecule is C#CC(CC1CC2(CC2)NC1=O)NC(=O)C1C2CCCC2CN1C(=O)C(NC(=O)C(F)(F)F)C(C)(C)C. The number of amides is 4. The van der Waals surface area contributed by atoms with E-state index in [0.717, 1.165) is 25.7 Å². The van der Waals surface area contributed by atoms with Crippen LogP contribution in [0, 0.1) is 35.5 Å². The second-order valence-electron chi connectivity index (χ2n) is 12.2. The Kier molecular flexibility index (Phi) is 7.01. The molecule has 2 heterocycles. The molecule has 2 aliphatic heterocycles. The number of rotatable bonds is 6. The molecular formula is C26H35F3N4O4. The minimum Gasteiger partial charge on any atom is -0.350 e. The Morgan fingerprint density at radius 3 is 2.41 bits per heavy atom. The maximum Gasteiger partial charge on any atom is 0.471 e. The van der Waals surface area contributed by atoms with Gasteiger partial charge in [-0.05, 0) is 55.8 Å². The Morgan fingerprint density at radius 1 is 1.19 bits per heavy atom. The van der Waals surface area contributed by atoms with E-state index in [9.17, 15) is 32.3 Å². The van der Waals surface area contributed by atoms with E-state index in [1.807, 2.05) is 5.32 Å². The zero-order valence-corrected chi connectivity index (χ0v) is 21.4. The van der Waals surface area contributed by atoms with Crippen molar-refractivity contribution in [3.63, 3.8) is 0 Å². The summed E-state index contributed by atoms with van der Waals surface area (Å²) >= 11 is 0. The number of hydrogen-bond donors (Lipinski definition) is 3. The lowest BCUT2D eigenvalue weighted by Crippen LogP contribution is -2.60. The fourth-order valence-electron chi connectivity index (χ4n) is 6.26. The first-order valence-electron chi connectivity index (χ1n) is 12.9. The highest BCUT2D eigenvalue weighted by Gasteiger charge is 2.54. The summed E-state index contributed by atoms with van der Waals surface area (Å²) in [7, 11) is 0. The number of likely N-dealkylation sites (tertiary alicyclic amines) is 1. The van der Waals surface area contributed by atoms with Crippen LogP contribution in [0.5, 0.6) is 0 Å². The lowest BCUT2D eigenvalue weighted by Gasteiger charge is -2.36. The van der Waals surface area contributed by atoms with E-state index >= 15 is 0 Å². The number of fused-ring (bicyclic) bond motifs is 1. The number of alkyl halides is 3. The highest BCUT2D eigenvalue weighted by molar-refractivity contribution is 5.94. The summed E-state index contributed by atoms with van der Waals surface area (Å²) in [5, 5.41) is 7.69. The smallest absolute Gasteiger partial charge is 0.350 e. The molecule has 2 saturated heterocycles. The third-order valence-electron chi connectivity index (χ3n) is 8.38. The van der Waals surface area contributed by atoms with E-state index in [1.165, 1.54) is 4.90 Å². The molecule has 4 aliphatic rings. The van der Waals surface area contributed by atoms with Crippen molar-refractivity contribution in [2.45, 2.75) is 95.6 Å². The van der Waals surface area contributed by atoms with E-state index in [1.54, 1.807) is 20.8 Å². The van der Waals surface area contributed by atoms with Gasteiger partial charge in [0.1, 0.15) is 12.1 Å². The molecule has 2 saturated carbocycles. The van der Waals surface area contributed by atoms with Crippen molar-refractivity contribution in [2.75, 3.05) is 6.54 Å². The van der Waals surface area contributed by atoms with E-state index in [0.29, 0.717) is 12.8 Å². The van der Waals surface area contributed by atoms with Gasteiger partial charge in [0, 0.05) is 18.0 Å². The van der Waals surface area contributed by atoms with Gasteiger partial charge in [0.2, 0.25) is 17.7 Å². The molecule has 3 N–H and O–H groups in total. The number of terminal acetylenes is 1.